The van der Waals surface area contributed by atoms with Gasteiger partial charge in [0.05, 0.1) is 0 Å². The first kappa shape index (κ1) is 77.2. The third kappa shape index (κ3) is 22.5. The molecule has 0 spiro atoms. The highest BCUT2D eigenvalue weighted by Crippen LogP contribution is 2.44. The third-order valence-corrected chi connectivity index (χ3v) is 15.7. The first-order chi connectivity index (χ1) is 44.6. The zero-order chi connectivity index (χ0) is 71.3. The van der Waals surface area contributed by atoms with Gasteiger partial charge in [0, 0.05) is 25.9 Å². The van der Waals surface area contributed by atoms with Crippen molar-refractivity contribution < 1.29 is 86.6 Å². The number of alkyl carbamates (subject to hydrolysis) is 1. The van der Waals surface area contributed by atoms with E-state index >= 15 is 0 Å². The number of aliphatic carboxylic acids is 1. The van der Waals surface area contributed by atoms with E-state index < -0.39 is 179 Å². The van der Waals surface area contributed by atoms with Gasteiger partial charge >= 0.3 is 12.1 Å². The Hall–Kier alpha value is -10.2. The van der Waals surface area contributed by atoms with Gasteiger partial charge in [0.1, 0.15) is 91.2 Å². The van der Waals surface area contributed by atoms with Crippen molar-refractivity contribution in [1.82, 2.24) is 79.3 Å². The summed E-state index contributed by atoms with van der Waals surface area (Å²) in [6.45, 7) is 16.0. The first-order valence-electron chi connectivity index (χ1n) is 31.1. The lowest BCUT2D eigenvalue weighted by Gasteiger charge is -2.29. The van der Waals surface area contributed by atoms with Crippen molar-refractivity contribution in [3.05, 3.63) is 59.7 Å². The van der Waals surface area contributed by atoms with Crippen LogP contribution in [0.3, 0.4) is 0 Å². The Morgan fingerprint density at radius 2 is 0.737 bits per heavy atom. The third-order valence-electron chi connectivity index (χ3n) is 15.7. The fourth-order valence-corrected chi connectivity index (χ4v) is 9.80. The van der Waals surface area contributed by atoms with Crippen molar-refractivity contribution in [3.63, 3.8) is 0 Å². The average molecular weight is 1330 g/mol. The highest BCUT2D eigenvalue weighted by atomic mass is 16.5. The molecule has 0 radical (unpaired) electrons. The predicted molar refractivity (Wildman–Crippen MR) is 339 cm³/mol. The lowest BCUT2D eigenvalue weighted by molar-refractivity contribution is -0.142. The molecule has 0 bridgehead atoms. The van der Waals surface area contributed by atoms with Gasteiger partial charge in [0.2, 0.25) is 82.7 Å². The number of fused-ring (bicyclic) bond motifs is 3. The quantitative estimate of drug-likeness (QED) is 0.0339. The predicted octanol–water partition coefficient (Wildman–Crippen LogP) is -3.45. The van der Waals surface area contributed by atoms with Gasteiger partial charge in [-0.3, -0.25) is 67.1 Å². The van der Waals surface area contributed by atoms with Gasteiger partial charge in [0.15, 0.2) is 0 Å². The Bertz CT molecular complexity index is 3190. The second-order valence-electron chi connectivity index (χ2n) is 23.5. The molecule has 0 saturated carbocycles. The molecular formula is C62H89N15O18. The molecule has 1 heterocycles. The molecule has 15 N–H and O–H groups in total. The smallest absolute Gasteiger partial charge is 0.407 e. The number of amides is 15. The van der Waals surface area contributed by atoms with Gasteiger partial charge in [-0.1, -0.05) is 48.5 Å². The molecule has 520 valence electrons. The van der Waals surface area contributed by atoms with Crippen LogP contribution in [0.4, 0.5) is 4.79 Å². The second kappa shape index (κ2) is 35.7. The zero-order valence-corrected chi connectivity index (χ0v) is 55.4. The van der Waals surface area contributed by atoms with Crippen LogP contribution in [0.2, 0.25) is 0 Å². The summed E-state index contributed by atoms with van der Waals surface area (Å²) in [5, 5.41) is 43.2. The zero-order valence-electron chi connectivity index (χ0n) is 55.4. The minimum atomic E-state index is -1.42. The van der Waals surface area contributed by atoms with Crippen molar-refractivity contribution in [1.29, 1.82) is 0 Å². The Morgan fingerprint density at radius 3 is 1.07 bits per heavy atom. The summed E-state index contributed by atoms with van der Waals surface area (Å²) >= 11 is 0. The summed E-state index contributed by atoms with van der Waals surface area (Å²) < 4.78 is 5.52. The van der Waals surface area contributed by atoms with Gasteiger partial charge in [-0.2, -0.15) is 0 Å². The Kier molecular flexibility index (Phi) is 29.0. The molecule has 1 aliphatic carbocycles. The molecule has 14 atom stereocenters. The molecule has 1 saturated heterocycles. The largest absolute Gasteiger partial charge is 0.480 e. The van der Waals surface area contributed by atoms with Crippen molar-refractivity contribution >= 4 is 94.8 Å². The van der Waals surface area contributed by atoms with Crippen LogP contribution in [-0.4, -0.2) is 210 Å². The van der Waals surface area contributed by atoms with E-state index in [1.165, 1.54) is 95.0 Å². The molecule has 1 aliphatic heterocycles. The van der Waals surface area contributed by atoms with Crippen molar-refractivity contribution in [2.45, 2.75) is 199 Å². The lowest BCUT2D eigenvalue weighted by Crippen LogP contribution is -2.59. The highest BCUT2D eigenvalue weighted by Gasteiger charge is 2.39. The monoisotopic (exact) mass is 1330 g/mol. The summed E-state index contributed by atoms with van der Waals surface area (Å²) in [5.41, 5.74) is 4.11. The molecular weight excluding hydrogens is 1240 g/mol. The maximum Gasteiger partial charge on any atom is 0.407 e. The van der Waals surface area contributed by atoms with Crippen LogP contribution in [0, 0.1) is 0 Å². The molecule has 2 aromatic rings. The maximum absolute atomic E-state index is 13.6. The molecule has 2 aliphatic rings. The van der Waals surface area contributed by atoms with Gasteiger partial charge in [-0.05, 0) is 125 Å². The summed E-state index contributed by atoms with van der Waals surface area (Å²) in [7, 11) is 1.37. The van der Waals surface area contributed by atoms with E-state index in [1.807, 2.05) is 48.5 Å². The number of likely N-dealkylation sites (tertiary alicyclic amines) is 1. The summed E-state index contributed by atoms with van der Waals surface area (Å²) in [4.78, 5) is 207. The summed E-state index contributed by atoms with van der Waals surface area (Å²) in [5.74, 6) is -12.3. The van der Waals surface area contributed by atoms with Crippen LogP contribution >= 0.6 is 0 Å². The number of carbonyl (C=O) groups is 16. The van der Waals surface area contributed by atoms with E-state index in [2.05, 4.69) is 74.4 Å². The molecule has 2 aromatic carbocycles. The topological polar surface area (TPSA) is 474 Å². The number of nitrogens with one attached hydrogen (secondary N) is 14. The van der Waals surface area contributed by atoms with E-state index in [0.717, 1.165) is 22.3 Å². The fourth-order valence-electron chi connectivity index (χ4n) is 9.80. The van der Waals surface area contributed by atoms with E-state index in [1.54, 1.807) is 0 Å². The minimum Gasteiger partial charge on any atom is -0.480 e. The molecule has 33 heteroatoms. The Morgan fingerprint density at radius 1 is 0.432 bits per heavy atom. The highest BCUT2D eigenvalue weighted by molar-refractivity contribution is 6.00. The van der Waals surface area contributed by atoms with Crippen LogP contribution < -0.4 is 74.4 Å². The molecule has 0 aromatic heterocycles. The standard InChI is InChI=1S/C62H89N15O18/c1-28(64-49(80)30(3)67-53(84)34(7)71-57(88)38(11)75-62(94)95-27-44-42-21-16-14-19-40(42)41-20-15-17-22-43(41)44)48(79)66-31(4)52(83)70-35(8)56(87)74-39(12)60(91)77-26-18-23-46(77)59(90)73-36(9)55(86)69-32(5)51(82)65-29(2)50(81)68-33(6)54(85)72-37(10)58(89)76-45(61(92)93)24-25-47(78)63-13/h14-17,19-22,28-39,44-46H,18,23-27H2,1-13H3,(H,63,78)(H,64,80)(H,65,82)(H,66,79)(H,67,84)(H,68,81)(H,69,86)(H,70,83)(H,71,88)(H,72,85)(H,73,90)(H,74,87)(H,75,94)(H,76,89)(H,92,93)/t28-,29-,30-,31-,32-,33-,34-,35-,36-,37-,38-,39-,45-,46-/m0/s1. The molecule has 33 nitrogen and oxygen atoms in total. The van der Waals surface area contributed by atoms with Gasteiger partial charge in [-0.25, -0.2) is 9.59 Å². The fraction of sp³-hybridized carbons (Fsp3) is 0.548. The summed E-state index contributed by atoms with van der Waals surface area (Å²) in [6.07, 6.45) is -0.671. The number of rotatable bonds is 32. The Balaban J connectivity index is 1.13. The van der Waals surface area contributed by atoms with Crippen LogP contribution in [0.15, 0.2) is 48.5 Å². The number of carboxylic acids is 1. The van der Waals surface area contributed by atoms with Crippen LogP contribution in [0.25, 0.3) is 11.1 Å². The molecule has 1 fully saturated rings. The average Bonchev–Trinajstić information content (AvgIpc) is 1.63. The number of carbonyl (C=O) groups excluding carboxylic acids is 15. The molecule has 95 heavy (non-hydrogen) atoms. The minimum absolute atomic E-state index is 0.0172. The maximum atomic E-state index is 13.6. The van der Waals surface area contributed by atoms with Gasteiger partial charge < -0.3 is 89.2 Å². The van der Waals surface area contributed by atoms with E-state index in [9.17, 15) is 81.8 Å². The Labute approximate surface area is 549 Å². The van der Waals surface area contributed by atoms with Crippen molar-refractivity contribution in [2.24, 2.45) is 0 Å². The van der Waals surface area contributed by atoms with E-state index in [-0.39, 0.29) is 38.3 Å². The van der Waals surface area contributed by atoms with Crippen LogP contribution in [-0.2, 0) is 76.7 Å². The first-order valence-corrected chi connectivity index (χ1v) is 31.1. The van der Waals surface area contributed by atoms with Crippen LogP contribution in [0.5, 0.6) is 0 Å². The molecule has 4 rings (SSSR count). The lowest BCUT2D eigenvalue weighted by atomic mass is 9.98. The SMILES string of the molecule is CNC(=O)CC[C@H](NC(=O)[C@H](C)NC(=O)[C@H](C)NC(=O)[C@H](C)NC(=O)[C@H](C)NC(=O)[C@H](C)NC(=O)[C@@H]1CCCN1C(=O)[C@H](C)NC(=O)[C@H](C)NC(=O)[C@H](C)NC(=O)[C@H](C)NC(=O)[C@H](C)NC(=O)[C@H](C)NC(=O)[C@H](C)NC(=O)OCC1c2ccccc2-c2ccccc21)C(=O)O. The van der Waals surface area contributed by atoms with Gasteiger partial charge in [-0.15, -0.1) is 0 Å². The van der Waals surface area contributed by atoms with E-state index in [0.29, 0.717) is 6.42 Å². The number of nitrogens with zero attached hydrogens (tertiary/aromatic N) is 1. The van der Waals surface area contributed by atoms with E-state index in [4.69, 9.17) is 4.74 Å². The van der Waals surface area contributed by atoms with Crippen molar-refractivity contribution in [3.8, 4) is 11.1 Å². The number of hydrogen-bond acceptors (Lipinski definition) is 17. The van der Waals surface area contributed by atoms with Crippen molar-refractivity contribution in [2.75, 3.05) is 20.2 Å². The second-order valence-corrected chi connectivity index (χ2v) is 23.5. The number of carboxylic acid groups (broad SMARTS) is 1. The van der Waals surface area contributed by atoms with Gasteiger partial charge in [0.25, 0.3) is 0 Å². The number of ether oxygens (including phenoxy) is 1. The van der Waals surface area contributed by atoms with Crippen LogP contribution in [0.1, 0.15) is 126 Å². The molecule has 15 amide bonds. The molecule has 0 unspecified atom stereocenters. The normalized spacial score (nSPS) is 17.1. The summed E-state index contributed by atoms with van der Waals surface area (Å²) in [6, 6.07) is -1.64. The number of hydrogen-bond donors (Lipinski definition) is 15. The number of benzene rings is 2.